The van der Waals surface area contributed by atoms with Crippen molar-refractivity contribution in [1.82, 2.24) is 0 Å². The van der Waals surface area contributed by atoms with Gasteiger partial charge in [0.05, 0.1) is 14.1 Å². The molecule has 0 amide bonds. The zero-order valence-electron chi connectivity index (χ0n) is 16.2. The molecule has 0 aliphatic heterocycles. The minimum Gasteiger partial charge on any atom is -0.508 e. The lowest BCUT2D eigenvalue weighted by molar-refractivity contribution is 0.315. The van der Waals surface area contributed by atoms with Gasteiger partial charge in [0, 0.05) is 5.56 Å². The molecule has 2 rings (SSSR count). The standard InChI is InChI=1S/C20H25Br2O5P/c1-5-20(6-2,28(24,25)26)13-9-16(21)19(17(22)10-13)27-14-7-8-18(23)15(11-14)12(3)4/h7-12,23H,5-6H2,1-4H3,(H2,24,25,26). The summed E-state index contributed by atoms with van der Waals surface area (Å²) in [6, 6.07) is 8.45. The lowest BCUT2D eigenvalue weighted by atomic mass is 9.92. The summed E-state index contributed by atoms with van der Waals surface area (Å²) in [5.41, 5.74) is 1.32. The van der Waals surface area contributed by atoms with E-state index >= 15 is 0 Å². The number of rotatable bonds is 7. The Kier molecular flexibility index (Phi) is 7.43. The Morgan fingerprint density at radius 2 is 1.61 bits per heavy atom. The van der Waals surface area contributed by atoms with Gasteiger partial charge < -0.3 is 19.6 Å². The normalized spacial score (nSPS) is 12.5. The van der Waals surface area contributed by atoms with Gasteiger partial charge in [-0.05, 0) is 86.5 Å². The van der Waals surface area contributed by atoms with E-state index in [2.05, 4.69) is 31.9 Å². The number of phenols is 1. The van der Waals surface area contributed by atoms with Gasteiger partial charge in [0.15, 0.2) is 5.75 Å². The summed E-state index contributed by atoms with van der Waals surface area (Å²) in [7, 11) is -4.38. The number of hydrogen-bond acceptors (Lipinski definition) is 3. The Morgan fingerprint density at radius 3 is 2.04 bits per heavy atom. The molecule has 8 heteroatoms. The van der Waals surface area contributed by atoms with Crippen LogP contribution in [0.3, 0.4) is 0 Å². The summed E-state index contributed by atoms with van der Waals surface area (Å²) in [5.74, 6) is 1.41. The first kappa shape index (κ1) is 23.4. The SMILES string of the molecule is CCC(CC)(c1cc(Br)c(Oc2ccc(O)c(C(C)C)c2)c(Br)c1)P(=O)(O)O. The number of ether oxygens (including phenoxy) is 1. The van der Waals surface area contributed by atoms with E-state index in [1.54, 1.807) is 44.2 Å². The summed E-state index contributed by atoms with van der Waals surface area (Å²) in [6.07, 6.45) is 0.616. The van der Waals surface area contributed by atoms with Gasteiger partial charge in [-0.3, -0.25) is 4.57 Å². The molecule has 0 saturated heterocycles. The first-order valence-electron chi connectivity index (χ1n) is 9.02. The van der Waals surface area contributed by atoms with Gasteiger partial charge in [-0.1, -0.05) is 27.7 Å². The average molecular weight is 536 g/mol. The van der Waals surface area contributed by atoms with E-state index in [0.717, 1.165) is 5.56 Å². The number of halogens is 2. The monoisotopic (exact) mass is 534 g/mol. The molecule has 0 unspecified atom stereocenters. The van der Waals surface area contributed by atoms with Crippen LogP contribution < -0.4 is 4.74 Å². The first-order valence-corrected chi connectivity index (χ1v) is 12.2. The molecular formula is C20H25Br2O5P. The second kappa shape index (κ2) is 8.88. The molecule has 0 radical (unpaired) electrons. The van der Waals surface area contributed by atoms with E-state index < -0.39 is 12.8 Å². The van der Waals surface area contributed by atoms with E-state index in [1.165, 1.54) is 0 Å². The fourth-order valence-electron chi connectivity index (χ4n) is 3.34. The maximum absolute atomic E-state index is 12.3. The summed E-state index contributed by atoms with van der Waals surface area (Å²) >= 11 is 6.96. The van der Waals surface area contributed by atoms with Crippen LogP contribution in [0.4, 0.5) is 0 Å². The van der Waals surface area contributed by atoms with Crippen LogP contribution in [-0.4, -0.2) is 14.9 Å². The number of phenolic OH excluding ortho intramolecular Hbond substituents is 1. The molecule has 0 fully saturated rings. The van der Waals surface area contributed by atoms with Crippen molar-refractivity contribution in [1.29, 1.82) is 0 Å². The predicted molar refractivity (Wildman–Crippen MR) is 118 cm³/mol. The van der Waals surface area contributed by atoms with Crippen LogP contribution in [0.5, 0.6) is 17.2 Å². The third-order valence-corrected chi connectivity index (χ3v) is 8.29. The third kappa shape index (κ3) is 4.49. The summed E-state index contributed by atoms with van der Waals surface area (Å²) in [6.45, 7) is 7.52. The highest BCUT2D eigenvalue weighted by atomic mass is 79.9. The van der Waals surface area contributed by atoms with Crippen LogP contribution in [0, 0.1) is 0 Å². The van der Waals surface area contributed by atoms with E-state index in [1.807, 2.05) is 13.8 Å². The topological polar surface area (TPSA) is 87.0 Å². The van der Waals surface area contributed by atoms with Crippen molar-refractivity contribution in [2.75, 3.05) is 0 Å². The van der Waals surface area contributed by atoms with Gasteiger partial charge in [-0.25, -0.2) is 0 Å². The predicted octanol–water partition coefficient (Wildman–Crippen LogP) is 7.03. The zero-order valence-corrected chi connectivity index (χ0v) is 20.3. The smallest absolute Gasteiger partial charge is 0.335 e. The Balaban J connectivity index is 2.51. The van der Waals surface area contributed by atoms with Crippen LogP contribution in [0.15, 0.2) is 39.3 Å². The van der Waals surface area contributed by atoms with Crippen molar-refractivity contribution in [3.63, 3.8) is 0 Å². The Labute approximate surface area is 182 Å². The van der Waals surface area contributed by atoms with Crippen molar-refractivity contribution in [3.05, 3.63) is 50.4 Å². The summed E-state index contributed by atoms with van der Waals surface area (Å²) < 4.78 is 19.4. The second-order valence-corrected chi connectivity index (χ2v) is 10.7. The Bertz CT molecular complexity index is 880. The Morgan fingerprint density at radius 1 is 1.07 bits per heavy atom. The fraction of sp³-hybridized carbons (Fsp3) is 0.400. The van der Waals surface area contributed by atoms with Crippen LogP contribution in [-0.2, 0) is 9.72 Å². The van der Waals surface area contributed by atoms with Crippen LogP contribution >= 0.6 is 39.5 Å². The average Bonchev–Trinajstić information content (AvgIpc) is 2.59. The molecule has 3 N–H and O–H groups in total. The lowest BCUT2D eigenvalue weighted by Gasteiger charge is -2.33. The highest BCUT2D eigenvalue weighted by Gasteiger charge is 2.45. The lowest BCUT2D eigenvalue weighted by Crippen LogP contribution is -2.24. The molecule has 0 saturated carbocycles. The van der Waals surface area contributed by atoms with E-state index in [-0.39, 0.29) is 11.7 Å². The third-order valence-electron chi connectivity index (χ3n) is 5.10. The Hall–Kier alpha value is -0.850. The molecule has 0 bridgehead atoms. The van der Waals surface area contributed by atoms with Gasteiger partial charge in [-0.15, -0.1) is 0 Å². The van der Waals surface area contributed by atoms with Crippen LogP contribution in [0.25, 0.3) is 0 Å². The zero-order chi connectivity index (χ0) is 21.3. The van der Waals surface area contributed by atoms with Gasteiger partial charge in [0.2, 0.25) is 0 Å². The maximum atomic E-state index is 12.3. The molecule has 0 aliphatic rings. The van der Waals surface area contributed by atoms with E-state index in [4.69, 9.17) is 4.74 Å². The van der Waals surface area contributed by atoms with Crippen molar-refractivity contribution < 1.29 is 24.2 Å². The molecule has 0 atom stereocenters. The summed E-state index contributed by atoms with van der Waals surface area (Å²) in [4.78, 5) is 20.0. The molecule has 0 spiro atoms. The van der Waals surface area contributed by atoms with Gasteiger partial charge >= 0.3 is 7.60 Å². The fourth-order valence-corrected chi connectivity index (χ4v) is 5.98. The molecule has 0 aromatic heterocycles. The van der Waals surface area contributed by atoms with E-state index in [0.29, 0.717) is 38.8 Å². The van der Waals surface area contributed by atoms with Crippen molar-refractivity contribution in [3.8, 4) is 17.2 Å². The quantitative estimate of drug-likeness (QED) is 0.331. The first-order chi connectivity index (χ1) is 13.0. The minimum atomic E-state index is -4.38. The number of benzene rings is 2. The minimum absolute atomic E-state index is 0.135. The second-order valence-electron chi connectivity index (χ2n) is 7.03. The number of hydrogen-bond donors (Lipinski definition) is 3. The maximum Gasteiger partial charge on any atom is 0.335 e. The van der Waals surface area contributed by atoms with E-state index in [9.17, 15) is 19.5 Å². The largest absolute Gasteiger partial charge is 0.508 e. The molecular weight excluding hydrogens is 511 g/mol. The highest BCUT2D eigenvalue weighted by Crippen LogP contribution is 2.61. The van der Waals surface area contributed by atoms with Gasteiger partial charge in [0.25, 0.3) is 0 Å². The van der Waals surface area contributed by atoms with Crippen molar-refractivity contribution in [2.45, 2.75) is 51.6 Å². The van der Waals surface area contributed by atoms with Crippen LogP contribution in [0.1, 0.15) is 57.6 Å². The molecule has 0 aliphatic carbocycles. The summed E-state index contributed by atoms with van der Waals surface area (Å²) in [5, 5.41) is 8.74. The molecule has 28 heavy (non-hydrogen) atoms. The molecule has 0 heterocycles. The van der Waals surface area contributed by atoms with Gasteiger partial charge in [0.1, 0.15) is 11.5 Å². The molecule has 2 aromatic rings. The molecule has 5 nitrogen and oxygen atoms in total. The molecule has 154 valence electrons. The highest BCUT2D eigenvalue weighted by molar-refractivity contribution is 9.11. The van der Waals surface area contributed by atoms with Gasteiger partial charge in [-0.2, -0.15) is 0 Å². The van der Waals surface area contributed by atoms with Crippen molar-refractivity contribution >= 4 is 39.5 Å². The van der Waals surface area contributed by atoms with Crippen molar-refractivity contribution in [2.24, 2.45) is 0 Å². The van der Waals surface area contributed by atoms with Crippen LogP contribution in [0.2, 0.25) is 0 Å². The molecule has 2 aromatic carbocycles. The number of aromatic hydroxyl groups is 1.